The number of nitrogens with zero attached hydrogens (tertiary/aromatic N) is 1. The van der Waals surface area contributed by atoms with Crippen molar-refractivity contribution < 1.29 is 4.74 Å². The largest absolute Gasteiger partial charge is 0.379 e. The molecular formula is C14H18N2O. The van der Waals surface area contributed by atoms with Crippen LogP contribution < -0.4 is 5.32 Å². The van der Waals surface area contributed by atoms with E-state index in [0.717, 1.165) is 24.1 Å². The first-order valence-corrected chi connectivity index (χ1v) is 6.04. The molecule has 2 unspecified atom stereocenters. The number of methoxy groups -OCH3 is 1. The zero-order valence-corrected chi connectivity index (χ0v) is 10.4. The van der Waals surface area contributed by atoms with Crippen LogP contribution in [0, 0.1) is 18.3 Å². The molecule has 0 aromatic heterocycles. The minimum Gasteiger partial charge on any atom is -0.379 e. The molecule has 0 heterocycles. The predicted octanol–water partition coefficient (Wildman–Crippen LogP) is 2.85. The third-order valence-corrected chi connectivity index (χ3v) is 3.39. The number of nitrogens with one attached hydrogen (secondary N) is 1. The van der Waals surface area contributed by atoms with Crippen LogP contribution in [-0.4, -0.2) is 19.3 Å². The van der Waals surface area contributed by atoms with Crippen LogP contribution in [-0.2, 0) is 4.74 Å². The van der Waals surface area contributed by atoms with Crippen molar-refractivity contribution in [2.24, 2.45) is 0 Å². The van der Waals surface area contributed by atoms with Gasteiger partial charge in [0.1, 0.15) is 6.07 Å². The highest BCUT2D eigenvalue weighted by molar-refractivity contribution is 5.59. The van der Waals surface area contributed by atoms with E-state index in [2.05, 4.69) is 11.4 Å². The molecule has 3 nitrogen and oxygen atoms in total. The Morgan fingerprint density at radius 1 is 1.41 bits per heavy atom. The fourth-order valence-electron chi connectivity index (χ4n) is 2.45. The number of hydrogen-bond acceptors (Lipinski definition) is 3. The molecule has 1 aromatic rings. The van der Waals surface area contributed by atoms with Gasteiger partial charge in [-0.15, -0.1) is 0 Å². The van der Waals surface area contributed by atoms with E-state index in [1.54, 1.807) is 7.11 Å². The zero-order chi connectivity index (χ0) is 12.3. The van der Waals surface area contributed by atoms with Crippen molar-refractivity contribution in [3.8, 4) is 6.07 Å². The molecule has 2 atom stereocenters. The maximum absolute atomic E-state index is 9.12. The Balaban J connectivity index is 2.16. The Labute approximate surface area is 102 Å². The second-order valence-electron chi connectivity index (χ2n) is 4.62. The molecule has 17 heavy (non-hydrogen) atoms. The Bertz CT molecular complexity index is 436. The van der Waals surface area contributed by atoms with Gasteiger partial charge in [-0.1, -0.05) is 6.07 Å². The maximum atomic E-state index is 9.12. The van der Waals surface area contributed by atoms with E-state index in [1.807, 2.05) is 25.1 Å². The van der Waals surface area contributed by atoms with E-state index in [0.29, 0.717) is 11.6 Å². The highest BCUT2D eigenvalue weighted by atomic mass is 16.5. The molecule has 1 aliphatic carbocycles. The quantitative estimate of drug-likeness (QED) is 0.868. The number of nitriles is 1. The molecule has 1 aliphatic rings. The number of anilines is 1. The molecular weight excluding hydrogens is 212 g/mol. The predicted molar refractivity (Wildman–Crippen MR) is 68.0 cm³/mol. The molecule has 0 radical (unpaired) electrons. The van der Waals surface area contributed by atoms with Crippen molar-refractivity contribution in [2.45, 2.75) is 38.3 Å². The second-order valence-corrected chi connectivity index (χ2v) is 4.62. The summed E-state index contributed by atoms with van der Waals surface area (Å²) in [6.07, 6.45) is 3.66. The monoisotopic (exact) mass is 230 g/mol. The van der Waals surface area contributed by atoms with Crippen LogP contribution in [0.25, 0.3) is 0 Å². The molecule has 2 rings (SSSR count). The van der Waals surface area contributed by atoms with Crippen LogP contribution >= 0.6 is 0 Å². The molecule has 1 N–H and O–H groups in total. The normalized spacial score (nSPS) is 23.4. The van der Waals surface area contributed by atoms with E-state index in [9.17, 15) is 0 Å². The summed E-state index contributed by atoms with van der Waals surface area (Å²) in [5, 5.41) is 12.6. The number of aryl methyl sites for hydroxylation is 1. The Morgan fingerprint density at radius 3 is 2.94 bits per heavy atom. The minimum absolute atomic E-state index is 0.267. The standard InChI is InChI=1S/C14H18N2O/c1-10-6-7-12(11(8-10)9-15)16-13-4-3-5-14(13)17-2/h6-8,13-14,16H,3-5H2,1-2H3. The van der Waals surface area contributed by atoms with Gasteiger partial charge in [0.15, 0.2) is 0 Å². The zero-order valence-electron chi connectivity index (χ0n) is 10.4. The van der Waals surface area contributed by atoms with E-state index in [4.69, 9.17) is 10.00 Å². The molecule has 1 saturated carbocycles. The van der Waals surface area contributed by atoms with Gasteiger partial charge in [0, 0.05) is 7.11 Å². The topological polar surface area (TPSA) is 45.0 Å². The Hall–Kier alpha value is -1.53. The lowest BCUT2D eigenvalue weighted by atomic mass is 10.1. The van der Waals surface area contributed by atoms with Crippen molar-refractivity contribution in [2.75, 3.05) is 12.4 Å². The first kappa shape index (κ1) is 11.9. The summed E-state index contributed by atoms with van der Waals surface area (Å²) < 4.78 is 5.45. The molecule has 0 saturated heterocycles. The second kappa shape index (κ2) is 5.20. The third kappa shape index (κ3) is 2.59. The lowest BCUT2D eigenvalue weighted by molar-refractivity contribution is 0.101. The van der Waals surface area contributed by atoms with Gasteiger partial charge in [-0.2, -0.15) is 5.26 Å². The SMILES string of the molecule is COC1CCCC1Nc1ccc(C)cc1C#N. The highest BCUT2D eigenvalue weighted by Crippen LogP contribution is 2.26. The summed E-state index contributed by atoms with van der Waals surface area (Å²) in [6, 6.07) is 8.50. The van der Waals surface area contributed by atoms with Gasteiger partial charge < -0.3 is 10.1 Å². The van der Waals surface area contributed by atoms with Crippen molar-refractivity contribution in [1.82, 2.24) is 0 Å². The third-order valence-electron chi connectivity index (χ3n) is 3.39. The van der Waals surface area contributed by atoms with E-state index >= 15 is 0 Å². The molecule has 3 heteroatoms. The highest BCUT2D eigenvalue weighted by Gasteiger charge is 2.27. The number of rotatable bonds is 3. The average Bonchev–Trinajstić information content (AvgIpc) is 2.78. The van der Waals surface area contributed by atoms with Crippen molar-refractivity contribution in [1.29, 1.82) is 5.26 Å². The van der Waals surface area contributed by atoms with Crippen LogP contribution in [0.3, 0.4) is 0 Å². The van der Waals surface area contributed by atoms with Crippen molar-refractivity contribution in [3.05, 3.63) is 29.3 Å². The van der Waals surface area contributed by atoms with Gasteiger partial charge in [0.2, 0.25) is 0 Å². The summed E-state index contributed by atoms with van der Waals surface area (Å²) in [5.41, 5.74) is 2.75. The fourth-order valence-corrected chi connectivity index (χ4v) is 2.45. The van der Waals surface area contributed by atoms with Gasteiger partial charge in [0.25, 0.3) is 0 Å². The molecule has 1 aromatic carbocycles. The minimum atomic E-state index is 0.267. The molecule has 90 valence electrons. The molecule has 0 spiro atoms. The lowest BCUT2D eigenvalue weighted by Crippen LogP contribution is -2.30. The smallest absolute Gasteiger partial charge is 0.101 e. The number of hydrogen-bond donors (Lipinski definition) is 1. The van der Waals surface area contributed by atoms with Crippen molar-refractivity contribution >= 4 is 5.69 Å². The van der Waals surface area contributed by atoms with Crippen molar-refractivity contribution in [3.63, 3.8) is 0 Å². The van der Waals surface area contributed by atoms with Gasteiger partial charge in [-0.25, -0.2) is 0 Å². The average molecular weight is 230 g/mol. The molecule has 1 fully saturated rings. The molecule has 0 bridgehead atoms. The van der Waals surface area contributed by atoms with Crippen LogP contribution in [0.15, 0.2) is 18.2 Å². The van der Waals surface area contributed by atoms with E-state index in [-0.39, 0.29) is 6.10 Å². The van der Waals surface area contributed by atoms with Gasteiger partial charge in [-0.3, -0.25) is 0 Å². The lowest BCUT2D eigenvalue weighted by Gasteiger charge is -2.21. The summed E-state index contributed by atoms with van der Waals surface area (Å²) in [5.74, 6) is 0. The number of benzene rings is 1. The van der Waals surface area contributed by atoms with E-state index in [1.165, 1.54) is 6.42 Å². The van der Waals surface area contributed by atoms with Gasteiger partial charge in [0.05, 0.1) is 23.4 Å². The number of ether oxygens (including phenoxy) is 1. The van der Waals surface area contributed by atoms with Gasteiger partial charge in [-0.05, 0) is 43.9 Å². The Morgan fingerprint density at radius 2 is 2.24 bits per heavy atom. The summed E-state index contributed by atoms with van der Waals surface area (Å²) in [4.78, 5) is 0. The van der Waals surface area contributed by atoms with Gasteiger partial charge >= 0.3 is 0 Å². The van der Waals surface area contributed by atoms with Crippen LogP contribution in [0.1, 0.15) is 30.4 Å². The summed E-state index contributed by atoms with van der Waals surface area (Å²) >= 11 is 0. The maximum Gasteiger partial charge on any atom is 0.101 e. The first-order chi connectivity index (χ1) is 8.24. The molecule has 0 amide bonds. The first-order valence-electron chi connectivity index (χ1n) is 6.04. The van der Waals surface area contributed by atoms with E-state index < -0.39 is 0 Å². The Kier molecular flexibility index (Phi) is 3.65. The fraction of sp³-hybridized carbons (Fsp3) is 0.500. The van der Waals surface area contributed by atoms with Crippen LogP contribution in [0.4, 0.5) is 5.69 Å². The molecule has 0 aliphatic heterocycles. The summed E-state index contributed by atoms with van der Waals surface area (Å²) in [7, 11) is 1.75. The van der Waals surface area contributed by atoms with Crippen LogP contribution in [0.2, 0.25) is 0 Å². The van der Waals surface area contributed by atoms with Crippen LogP contribution in [0.5, 0.6) is 0 Å². The summed E-state index contributed by atoms with van der Waals surface area (Å²) in [6.45, 7) is 2.00.